The summed E-state index contributed by atoms with van der Waals surface area (Å²) in [6, 6.07) is 9.75. The van der Waals surface area contributed by atoms with Gasteiger partial charge in [0.1, 0.15) is 4.21 Å². The molecule has 0 saturated carbocycles. The number of fused-ring (bicyclic) bond motifs is 2. The van der Waals surface area contributed by atoms with Gasteiger partial charge in [0.15, 0.2) is 23.1 Å². The number of nitrogens with one attached hydrogen (secondary N) is 1. The van der Waals surface area contributed by atoms with Crippen LogP contribution in [0.3, 0.4) is 0 Å². The Morgan fingerprint density at radius 3 is 2.14 bits per heavy atom. The number of phenols is 2. The van der Waals surface area contributed by atoms with Crippen LogP contribution >= 0.6 is 22.9 Å². The van der Waals surface area contributed by atoms with Crippen molar-refractivity contribution < 1.29 is 28.2 Å². The molecule has 7 nitrogen and oxygen atoms in total. The smallest absolute Gasteiger partial charge is 0.271 e. The molecule has 28 heavy (non-hydrogen) atoms. The van der Waals surface area contributed by atoms with E-state index < -0.39 is 38.8 Å². The zero-order valence-electron chi connectivity index (χ0n) is 13.8. The van der Waals surface area contributed by atoms with Crippen LogP contribution in [-0.2, 0) is 10.0 Å². The number of aromatic hydroxyl groups is 2. The summed E-state index contributed by atoms with van der Waals surface area (Å²) in [5.41, 5.74) is -0.786. The molecule has 0 bridgehead atoms. The molecule has 0 atom stereocenters. The molecule has 2 aromatic carbocycles. The van der Waals surface area contributed by atoms with Crippen molar-refractivity contribution in [1.29, 1.82) is 0 Å². The monoisotopic (exact) mass is 435 g/mol. The fourth-order valence-corrected chi connectivity index (χ4v) is 5.48. The molecule has 0 saturated heterocycles. The third-order valence-electron chi connectivity index (χ3n) is 4.22. The van der Waals surface area contributed by atoms with Crippen LogP contribution < -0.4 is 4.72 Å². The Kier molecular flexibility index (Phi) is 4.18. The minimum Gasteiger partial charge on any atom is -0.504 e. The Bertz CT molecular complexity index is 1280. The molecule has 0 spiro atoms. The Balaban J connectivity index is 1.86. The molecule has 1 heterocycles. The van der Waals surface area contributed by atoms with E-state index in [1.54, 1.807) is 12.1 Å². The van der Waals surface area contributed by atoms with E-state index in [1.807, 2.05) is 0 Å². The van der Waals surface area contributed by atoms with Crippen LogP contribution in [-0.4, -0.2) is 30.2 Å². The van der Waals surface area contributed by atoms with Crippen molar-refractivity contribution in [2.45, 2.75) is 4.21 Å². The van der Waals surface area contributed by atoms with Gasteiger partial charge in [-0.3, -0.25) is 14.3 Å². The zero-order valence-corrected chi connectivity index (χ0v) is 16.2. The highest BCUT2D eigenvalue weighted by molar-refractivity contribution is 7.94. The van der Waals surface area contributed by atoms with E-state index in [4.69, 9.17) is 11.6 Å². The first-order chi connectivity index (χ1) is 13.2. The number of sulfonamides is 1. The molecule has 3 aromatic rings. The van der Waals surface area contributed by atoms with Crippen molar-refractivity contribution in [3.8, 4) is 11.5 Å². The van der Waals surface area contributed by atoms with E-state index in [-0.39, 0.29) is 30.8 Å². The van der Waals surface area contributed by atoms with Gasteiger partial charge in [0.25, 0.3) is 10.0 Å². The summed E-state index contributed by atoms with van der Waals surface area (Å²) >= 11 is 6.55. The zero-order chi connectivity index (χ0) is 20.2. The minimum atomic E-state index is -4.13. The first kappa shape index (κ1) is 18.5. The standard InChI is InChI=1S/C18H10ClNO6S2/c19-12-5-6-13(27-12)28(25,26)20-11-7-10-14(18(24)17(11)23)16(22)9-4-2-1-3-8(9)15(10)21/h1-7,20,23-24H. The number of anilines is 1. The average Bonchev–Trinajstić information content (AvgIpc) is 3.11. The van der Waals surface area contributed by atoms with Crippen molar-refractivity contribution in [3.63, 3.8) is 0 Å². The highest BCUT2D eigenvalue weighted by atomic mass is 35.5. The summed E-state index contributed by atoms with van der Waals surface area (Å²) in [5.74, 6) is -2.93. The highest BCUT2D eigenvalue weighted by Crippen LogP contribution is 2.43. The molecular weight excluding hydrogens is 426 g/mol. The van der Waals surface area contributed by atoms with Gasteiger partial charge in [-0.1, -0.05) is 35.9 Å². The van der Waals surface area contributed by atoms with Gasteiger partial charge in [-0.2, -0.15) is 0 Å². The second-order valence-electron chi connectivity index (χ2n) is 5.91. The Hall–Kier alpha value is -2.88. The van der Waals surface area contributed by atoms with Crippen molar-refractivity contribution >= 4 is 50.2 Å². The molecule has 0 radical (unpaired) electrons. The maximum Gasteiger partial charge on any atom is 0.271 e. The molecule has 1 aromatic heterocycles. The van der Waals surface area contributed by atoms with Crippen LogP contribution in [0.1, 0.15) is 31.8 Å². The van der Waals surface area contributed by atoms with Crippen LogP contribution in [0.5, 0.6) is 11.5 Å². The molecule has 0 unspecified atom stereocenters. The summed E-state index contributed by atoms with van der Waals surface area (Å²) in [5, 5.41) is 20.6. The van der Waals surface area contributed by atoms with Gasteiger partial charge < -0.3 is 10.2 Å². The van der Waals surface area contributed by atoms with Crippen molar-refractivity contribution in [2.75, 3.05) is 4.72 Å². The lowest BCUT2D eigenvalue weighted by Crippen LogP contribution is -2.22. The molecule has 0 fully saturated rings. The van der Waals surface area contributed by atoms with Crippen LogP contribution in [0.2, 0.25) is 4.34 Å². The second-order valence-corrected chi connectivity index (χ2v) is 9.54. The average molecular weight is 436 g/mol. The van der Waals surface area contributed by atoms with Gasteiger partial charge in [0.05, 0.1) is 15.6 Å². The van der Waals surface area contributed by atoms with Crippen molar-refractivity contribution in [1.82, 2.24) is 0 Å². The predicted octanol–water partition coefficient (Wildman–Crippen LogP) is 3.39. The number of phenolic OH excluding ortho intramolecular Hbond substituents is 2. The van der Waals surface area contributed by atoms with E-state index >= 15 is 0 Å². The van der Waals surface area contributed by atoms with E-state index in [1.165, 1.54) is 24.3 Å². The fraction of sp³-hybridized carbons (Fsp3) is 0. The molecule has 10 heteroatoms. The maximum atomic E-state index is 12.8. The van der Waals surface area contributed by atoms with Crippen molar-refractivity contribution in [2.24, 2.45) is 0 Å². The molecule has 1 aliphatic carbocycles. The number of halogens is 1. The van der Waals surface area contributed by atoms with E-state index in [9.17, 15) is 28.2 Å². The van der Waals surface area contributed by atoms with Crippen LogP contribution in [0.25, 0.3) is 0 Å². The van der Waals surface area contributed by atoms with Crippen LogP contribution in [0, 0.1) is 0 Å². The molecular formula is C18H10ClNO6S2. The Morgan fingerprint density at radius 1 is 0.893 bits per heavy atom. The molecule has 4 rings (SSSR count). The number of rotatable bonds is 3. The maximum absolute atomic E-state index is 12.8. The third-order valence-corrected chi connectivity index (χ3v) is 7.31. The van der Waals surface area contributed by atoms with Gasteiger partial charge in [0, 0.05) is 16.7 Å². The normalized spacial score (nSPS) is 13.2. The summed E-state index contributed by atoms with van der Waals surface area (Å²) in [6.45, 7) is 0. The quantitative estimate of drug-likeness (QED) is 0.424. The van der Waals surface area contributed by atoms with Gasteiger partial charge in [0.2, 0.25) is 0 Å². The van der Waals surface area contributed by atoms with E-state index in [2.05, 4.69) is 4.72 Å². The lowest BCUT2D eigenvalue weighted by Gasteiger charge is -2.20. The van der Waals surface area contributed by atoms with Gasteiger partial charge >= 0.3 is 0 Å². The number of carbonyl (C=O) groups excluding carboxylic acids is 2. The fourth-order valence-electron chi connectivity index (χ4n) is 2.94. The van der Waals surface area contributed by atoms with Crippen LogP contribution in [0.4, 0.5) is 5.69 Å². The Morgan fingerprint density at radius 2 is 1.54 bits per heavy atom. The summed E-state index contributed by atoms with van der Waals surface area (Å²) < 4.78 is 27.2. The summed E-state index contributed by atoms with van der Waals surface area (Å²) in [7, 11) is -4.13. The molecule has 142 valence electrons. The highest BCUT2D eigenvalue weighted by Gasteiger charge is 2.35. The SMILES string of the molecule is O=C1c2ccccc2C(=O)c2c1cc(NS(=O)(=O)c1ccc(Cl)s1)c(O)c2O. The lowest BCUT2D eigenvalue weighted by atomic mass is 9.83. The van der Waals surface area contributed by atoms with Gasteiger partial charge in [-0.05, 0) is 18.2 Å². The van der Waals surface area contributed by atoms with Gasteiger partial charge in [-0.25, -0.2) is 8.42 Å². The lowest BCUT2D eigenvalue weighted by molar-refractivity contribution is 0.0976. The number of hydrogen-bond donors (Lipinski definition) is 3. The van der Waals surface area contributed by atoms with E-state index in [0.29, 0.717) is 0 Å². The minimum absolute atomic E-state index is 0.0938. The topological polar surface area (TPSA) is 121 Å². The number of thiophene rings is 1. The molecule has 0 amide bonds. The first-order valence-corrected chi connectivity index (χ1v) is 10.4. The largest absolute Gasteiger partial charge is 0.504 e. The molecule has 3 N–H and O–H groups in total. The number of hydrogen-bond acceptors (Lipinski definition) is 7. The number of benzene rings is 2. The molecule has 1 aliphatic rings. The van der Waals surface area contributed by atoms with Crippen LogP contribution in [0.15, 0.2) is 46.7 Å². The first-order valence-electron chi connectivity index (χ1n) is 7.76. The second kappa shape index (κ2) is 6.33. The Labute approximate surface area is 167 Å². The summed E-state index contributed by atoms with van der Waals surface area (Å²) in [6.07, 6.45) is 0. The predicted molar refractivity (Wildman–Crippen MR) is 103 cm³/mol. The van der Waals surface area contributed by atoms with Gasteiger partial charge in [-0.15, -0.1) is 11.3 Å². The third kappa shape index (κ3) is 2.75. The van der Waals surface area contributed by atoms with E-state index in [0.717, 1.165) is 17.4 Å². The number of carbonyl (C=O) groups is 2. The van der Waals surface area contributed by atoms with Crippen molar-refractivity contribution in [3.05, 3.63) is 69.1 Å². The summed E-state index contributed by atoms with van der Waals surface area (Å²) in [4.78, 5) is 25.4. The molecule has 0 aliphatic heterocycles. The number of ketones is 2.